The highest BCUT2D eigenvalue weighted by Gasteiger charge is 2.16. The topological polar surface area (TPSA) is 50.2 Å². The first-order valence-corrected chi connectivity index (χ1v) is 7.34. The average Bonchev–Trinajstić information content (AvgIpc) is 2.53. The van der Waals surface area contributed by atoms with Crippen LogP contribution in [0.2, 0.25) is 0 Å². The highest BCUT2D eigenvalue weighted by atomic mass is 79.9. The number of carbonyl (C=O) groups is 1. The maximum atomic E-state index is 11.8. The van der Waals surface area contributed by atoms with Crippen molar-refractivity contribution in [1.82, 2.24) is 20.0 Å². The SMILES string of the molecule is CCN(CC(=O)NC(C)C)Cc1c(Br)c(C)nn1C. The predicted molar refractivity (Wildman–Crippen MR) is 79.9 cm³/mol. The van der Waals surface area contributed by atoms with E-state index >= 15 is 0 Å². The lowest BCUT2D eigenvalue weighted by Crippen LogP contribution is -2.40. The lowest BCUT2D eigenvalue weighted by atomic mass is 10.3. The summed E-state index contributed by atoms with van der Waals surface area (Å²) >= 11 is 3.55. The van der Waals surface area contributed by atoms with E-state index in [-0.39, 0.29) is 11.9 Å². The number of aromatic nitrogens is 2. The van der Waals surface area contributed by atoms with Crippen molar-refractivity contribution in [3.8, 4) is 0 Å². The van der Waals surface area contributed by atoms with Gasteiger partial charge in [-0.05, 0) is 43.2 Å². The summed E-state index contributed by atoms with van der Waals surface area (Å²) in [4.78, 5) is 13.9. The van der Waals surface area contributed by atoms with Crippen molar-refractivity contribution >= 4 is 21.8 Å². The van der Waals surface area contributed by atoms with Crippen LogP contribution in [0.1, 0.15) is 32.2 Å². The van der Waals surface area contributed by atoms with Gasteiger partial charge in [-0.15, -0.1) is 0 Å². The third-order valence-corrected chi connectivity index (χ3v) is 3.93. The van der Waals surface area contributed by atoms with Gasteiger partial charge in [0.15, 0.2) is 0 Å². The van der Waals surface area contributed by atoms with Crippen molar-refractivity contribution in [3.05, 3.63) is 15.9 Å². The molecule has 1 amide bonds. The van der Waals surface area contributed by atoms with Crippen LogP contribution in [0.15, 0.2) is 4.47 Å². The first kappa shape index (κ1) is 16.2. The van der Waals surface area contributed by atoms with Crippen LogP contribution in [0, 0.1) is 6.92 Å². The van der Waals surface area contributed by atoms with Gasteiger partial charge in [-0.2, -0.15) is 5.10 Å². The van der Waals surface area contributed by atoms with Crippen LogP contribution in [-0.2, 0) is 18.4 Å². The van der Waals surface area contributed by atoms with Gasteiger partial charge in [-0.25, -0.2) is 0 Å². The smallest absolute Gasteiger partial charge is 0.234 e. The minimum Gasteiger partial charge on any atom is -0.353 e. The quantitative estimate of drug-likeness (QED) is 0.865. The summed E-state index contributed by atoms with van der Waals surface area (Å²) in [5.74, 6) is 0.0619. The minimum atomic E-state index is 0.0619. The number of carbonyl (C=O) groups excluding carboxylic acids is 1. The Morgan fingerprint density at radius 1 is 1.53 bits per heavy atom. The molecule has 0 aromatic carbocycles. The van der Waals surface area contributed by atoms with Crippen molar-refractivity contribution < 1.29 is 4.79 Å². The second kappa shape index (κ2) is 7.05. The van der Waals surface area contributed by atoms with E-state index in [0.29, 0.717) is 13.1 Å². The number of amides is 1. The molecule has 1 N–H and O–H groups in total. The second-order valence-corrected chi connectivity index (χ2v) is 5.79. The molecular weight excluding hydrogens is 308 g/mol. The molecule has 108 valence electrons. The number of likely N-dealkylation sites (N-methyl/N-ethyl adjacent to an activating group) is 1. The molecule has 0 aliphatic rings. The number of rotatable bonds is 6. The molecule has 1 aromatic heterocycles. The van der Waals surface area contributed by atoms with Gasteiger partial charge in [0.25, 0.3) is 0 Å². The van der Waals surface area contributed by atoms with Gasteiger partial charge in [-0.3, -0.25) is 14.4 Å². The summed E-state index contributed by atoms with van der Waals surface area (Å²) in [6.45, 7) is 9.90. The largest absolute Gasteiger partial charge is 0.353 e. The molecule has 0 atom stereocenters. The lowest BCUT2D eigenvalue weighted by molar-refractivity contribution is -0.122. The summed E-state index contributed by atoms with van der Waals surface area (Å²) in [6, 6.07) is 0.178. The number of aryl methyl sites for hydroxylation is 2. The molecule has 0 fully saturated rings. The van der Waals surface area contributed by atoms with Crippen LogP contribution in [-0.4, -0.2) is 39.7 Å². The fraction of sp³-hybridized carbons (Fsp3) is 0.692. The van der Waals surface area contributed by atoms with E-state index in [1.165, 1.54) is 0 Å². The van der Waals surface area contributed by atoms with Gasteiger partial charge in [-0.1, -0.05) is 6.92 Å². The number of halogens is 1. The second-order valence-electron chi connectivity index (χ2n) is 5.00. The molecule has 6 heteroatoms. The maximum Gasteiger partial charge on any atom is 0.234 e. The molecule has 0 aliphatic carbocycles. The molecule has 0 bridgehead atoms. The normalized spacial score (nSPS) is 11.4. The van der Waals surface area contributed by atoms with Crippen molar-refractivity contribution in [2.24, 2.45) is 7.05 Å². The Morgan fingerprint density at radius 3 is 2.58 bits per heavy atom. The molecule has 0 unspecified atom stereocenters. The first-order chi connectivity index (χ1) is 8.85. The minimum absolute atomic E-state index is 0.0619. The van der Waals surface area contributed by atoms with Crippen molar-refractivity contribution in [2.45, 2.75) is 40.3 Å². The summed E-state index contributed by atoms with van der Waals surface area (Å²) in [7, 11) is 1.93. The van der Waals surface area contributed by atoms with E-state index < -0.39 is 0 Å². The zero-order valence-electron chi connectivity index (χ0n) is 12.3. The van der Waals surface area contributed by atoms with Crippen molar-refractivity contribution in [2.75, 3.05) is 13.1 Å². The molecule has 1 rings (SSSR count). The number of hydrogen-bond donors (Lipinski definition) is 1. The summed E-state index contributed by atoms with van der Waals surface area (Å²) < 4.78 is 2.89. The molecule has 0 saturated heterocycles. The summed E-state index contributed by atoms with van der Waals surface area (Å²) in [6.07, 6.45) is 0. The standard InChI is InChI=1S/C13H23BrN4O/c1-6-18(8-12(19)15-9(2)3)7-11-13(14)10(4)16-17(11)5/h9H,6-8H2,1-5H3,(H,15,19). The molecule has 1 heterocycles. The third kappa shape index (κ3) is 4.62. The van der Waals surface area contributed by atoms with Crippen LogP contribution in [0.4, 0.5) is 0 Å². The highest BCUT2D eigenvalue weighted by Crippen LogP contribution is 2.21. The molecule has 0 spiro atoms. The van der Waals surface area contributed by atoms with E-state index in [0.717, 1.165) is 22.4 Å². The Morgan fingerprint density at radius 2 is 2.16 bits per heavy atom. The maximum absolute atomic E-state index is 11.8. The average molecular weight is 331 g/mol. The van der Waals surface area contributed by atoms with Gasteiger partial charge >= 0.3 is 0 Å². The molecule has 0 saturated carbocycles. The van der Waals surface area contributed by atoms with E-state index in [1.807, 2.05) is 32.5 Å². The fourth-order valence-electron chi connectivity index (χ4n) is 1.91. The Bertz CT molecular complexity index is 442. The lowest BCUT2D eigenvalue weighted by Gasteiger charge is -2.21. The number of nitrogens with zero attached hydrogens (tertiary/aromatic N) is 3. The number of nitrogens with one attached hydrogen (secondary N) is 1. The van der Waals surface area contributed by atoms with Gasteiger partial charge < -0.3 is 5.32 Å². The zero-order valence-corrected chi connectivity index (χ0v) is 13.9. The Labute approximate surface area is 123 Å². The Hall–Kier alpha value is -0.880. The molecule has 1 aromatic rings. The number of hydrogen-bond acceptors (Lipinski definition) is 3. The third-order valence-electron chi connectivity index (χ3n) is 2.90. The first-order valence-electron chi connectivity index (χ1n) is 6.54. The Balaban J connectivity index is 2.69. The van der Waals surface area contributed by atoms with E-state index in [2.05, 4.69) is 38.2 Å². The molecule has 0 radical (unpaired) electrons. The van der Waals surface area contributed by atoms with Gasteiger partial charge in [0.05, 0.1) is 22.4 Å². The van der Waals surface area contributed by atoms with E-state index in [1.54, 1.807) is 0 Å². The van der Waals surface area contributed by atoms with Gasteiger partial charge in [0.2, 0.25) is 5.91 Å². The molecule has 5 nitrogen and oxygen atoms in total. The van der Waals surface area contributed by atoms with Gasteiger partial charge in [0.1, 0.15) is 0 Å². The highest BCUT2D eigenvalue weighted by molar-refractivity contribution is 9.10. The van der Waals surface area contributed by atoms with Crippen LogP contribution >= 0.6 is 15.9 Å². The Kier molecular flexibility index (Phi) is 6.00. The van der Waals surface area contributed by atoms with Crippen molar-refractivity contribution in [3.63, 3.8) is 0 Å². The monoisotopic (exact) mass is 330 g/mol. The molecular formula is C13H23BrN4O. The zero-order chi connectivity index (χ0) is 14.6. The molecule has 0 aliphatic heterocycles. The van der Waals surface area contributed by atoms with Crippen LogP contribution < -0.4 is 5.32 Å². The summed E-state index contributed by atoms with van der Waals surface area (Å²) in [5, 5.41) is 7.28. The van der Waals surface area contributed by atoms with Gasteiger partial charge in [0, 0.05) is 19.6 Å². The fourth-order valence-corrected chi connectivity index (χ4v) is 2.38. The van der Waals surface area contributed by atoms with Crippen molar-refractivity contribution in [1.29, 1.82) is 0 Å². The predicted octanol–water partition coefficient (Wildman–Crippen LogP) is 1.84. The van der Waals surface area contributed by atoms with Crippen LogP contribution in [0.25, 0.3) is 0 Å². The van der Waals surface area contributed by atoms with E-state index in [4.69, 9.17) is 0 Å². The molecule has 19 heavy (non-hydrogen) atoms. The van der Waals surface area contributed by atoms with Crippen LogP contribution in [0.5, 0.6) is 0 Å². The van der Waals surface area contributed by atoms with Crippen LogP contribution in [0.3, 0.4) is 0 Å². The van der Waals surface area contributed by atoms with E-state index in [9.17, 15) is 4.79 Å². The summed E-state index contributed by atoms with van der Waals surface area (Å²) in [5.41, 5.74) is 2.07.